The number of rotatable bonds is 5. The number of hydrogen-bond acceptors (Lipinski definition) is 6. The van der Waals surface area contributed by atoms with Crippen molar-refractivity contribution in [2.45, 2.75) is 72.1 Å². The predicted molar refractivity (Wildman–Crippen MR) is 116 cm³/mol. The number of fused-ring (bicyclic) bond motifs is 1. The van der Waals surface area contributed by atoms with E-state index in [2.05, 4.69) is 22.1 Å². The highest BCUT2D eigenvalue weighted by molar-refractivity contribution is 5.88. The van der Waals surface area contributed by atoms with Crippen LogP contribution in [0.1, 0.15) is 60.2 Å². The van der Waals surface area contributed by atoms with Gasteiger partial charge in [-0.25, -0.2) is 19.1 Å². The maximum atomic E-state index is 12.7. The summed E-state index contributed by atoms with van der Waals surface area (Å²) in [5.41, 5.74) is 0.322. The molecule has 7 heteroatoms. The summed E-state index contributed by atoms with van der Waals surface area (Å²) in [5.74, 6) is 5.39. The molecule has 1 heterocycles. The number of benzene rings is 1. The minimum absolute atomic E-state index is 0.410. The molecular weight excluding hydrogens is 382 g/mol. The summed E-state index contributed by atoms with van der Waals surface area (Å²) >= 11 is 0. The van der Waals surface area contributed by atoms with E-state index in [1.54, 1.807) is 20.8 Å². The lowest BCUT2D eigenvalue weighted by molar-refractivity contribution is -0.147. The normalized spacial score (nSPS) is 11.7. The highest BCUT2D eigenvalue weighted by Gasteiger charge is 2.22. The van der Waals surface area contributed by atoms with Crippen molar-refractivity contribution >= 4 is 23.1 Å². The average molecular weight is 414 g/mol. The summed E-state index contributed by atoms with van der Waals surface area (Å²) in [4.78, 5) is 28.8. The Morgan fingerprint density at radius 2 is 1.73 bits per heavy atom. The molecule has 0 spiro atoms. The maximum absolute atomic E-state index is 12.7. The van der Waals surface area contributed by atoms with Gasteiger partial charge in [0.15, 0.2) is 0 Å². The lowest BCUT2D eigenvalue weighted by Crippen LogP contribution is -2.29. The molecule has 1 N–H and O–H groups in total. The lowest BCUT2D eigenvalue weighted by Gasteiger charge is -2.20. The van der Waals surface area contributed by atoms with E-state index in [9.17, 15) is 9.59 Å². The second-order valence-corrected chi connectivity index (χ2v) is 8.92. The molecule has 0 radical (unpaired) electrons. The standard InChI is InChI=1S/C23H31N3O4/c1-22(2,3)29-20(27)14-8-7-11-15-24-16-19-25-17-12-9-10-13-18(17)26(19)21(28)30-23(4,5)6/h9-10,12-13,24H,7,11,15-16H2,1-6H3. The molecule has 7 nitrogen and oxygen atoms in total. The monoisotopic (exact) mass is 413 g/mol. The van der Waals surface area contributed by atoms with Crippen LogP contribution in [0.2, 0.25) is 0 Å². The Morgan fingerprint density at radius 1 is 1.07 bits per heavy atom. The third-order valence-electron chi connectivity index (χ3n) is 3.73. The Bertz CT molecular complexity index is 953. The van der Waals surface area contributed by atoms with Crippen molar-refractivity contribution in [1.29, 1.82) is 0 Å². The highest BCUT2D eigenvalue weighted by atomic mass is 16.6. The number of nitrogens with one attached hydrogen (secondary N) is 1. The summed E-state index contributed by atoms with van der Waals surface area (Å²) in [5, 5.41) is 3.27. The van der Waals surface area contributed by atoms with Gasteiger partial charge in [-0.1, -0.05) is 18.1 Å². The van der Waals surface area contributed by atoms with Crippen LogP contribution in [-0.4, -0.2) is 39.4 Å². The molecule has 2 aromatic rings. The predicted octanol–water partition coefficient (Wildman–Crippen LogP) is 4.03. The molecule has 162 valence electrons. The van der Waals surface area contributed by atoms with Gasteiger partial charge in [0.25, 0.3) is 0 Å². The Morgan fingerprint density at radius 3 is 2.40 bits per heavy atom. The van der Waals surface area contributed by atoms with Crippen LogP contribution < -0.4 is 5.32 Å². The van der Waals surface area contributed by atoms with Crippen LogP contribution in [0.4, 0.5) is 4.79 Å². The number of imidazole rings is 1. The van der Waals surface area contributed by atoms with E-state index in [0.717, 1.165) is 11.9 Å². The first-order valence-electron chi connectivity index (χ1n) is 10.1. The zero-order chi connectivity index (χ0) is 22.4. The summed E-state index contributed by atoms with van der Waals surface area (Å²) in [7, 11) is 0. The number of esters is 1. The van der Waals surface area contributed by atoms with Gasteiger partial charge in [0.05, 0.1) is 17.6 Å². The van der Waals surface area contributed by atoms with E-state index in [1.807, 2.05) is 45.0 Å². The van der Waals surface area contributed by atoms with Crippen molar-refractivity contribution in [3.8, 4) is 11.8 Å². The molecule has 0 unspecified atom stereocenters. The summed E-state index contributed by atoms with van der Waals surface area (Å²) < 4.78 is 12.2. The molecule has 2 rings (SSSR count). The minimum atomic E-state index is -0.597. The zero-order valence-corrected chi connectivity index (χ0v) is 18.7. The topological polar surface area (TPSA) is 82.5 Å². The van der Waals surface area contributed by atoms with Crippen molar-refractivity contribution in [3.05, 3.63) is 30.1 Å². The quantitative estimate of drug-likeness (QED) is 0.345. The number of para-hydroxylation sites is 2. The molecule has 0 atom stereocenters. The molecule has 0 saturated carbocycles. The van der Waals surface area contributed by atoms with E-state index < -0.39 is 23.3 Å². The van der Waals surface area contributed by atoms with Gasteiger partial charge in [0.1, 0.15) is 17.0 Å². The van der Waals surface area contributed by atoms with E-state index in [4.69, 9.17) is 9.47 Å². The molecule has 1 aromatic carbocycles. The van der Waals surface area contributed by atoms with Crippen LogP contribution in [0.5, 0.6) is 0 Å². The van der Waals surface area contributed by atoms with Crippen molar-refractivity contribution in [2.75, 3.05) is 6.54 Å². The first-order chi connectivity index (χ1) is 14.0. The number of unbranched alkanes of at least 4 members (excludes halogenated alkanes) is 1. The number of carbonyl (C=O) groups is 2. The van der Waals surface area contributed by atoms with Crippen LogP contribution in [-0.2, 0) is 20.8 Å². The van der Waals surface area contributed by atoms with Crippen molar-refractivity contribution in [3.63, 3.8) is 0 Å². The van der Waals surface area contributed by atoms with E-state index >= 15 is 0 Å². The van der Waals surface area contributed by atoms with Gasteiger partial charge in [-0.3, -0.25) is 0 Å². The zero-order valence-electron chi connectivity index (χ0n) is 18.7. The molecule has 0 fully saturated rings. The second kappa shape index (κ2) is 9.77. The molecule has 0 aliphatic carbocycles. The number of carbonyl (C=O) groups excluding carboxylic acids is 2. The van der Waals surface area contributed by atoms with Gasteiger partial charge in [-0.2, -0.15) is 0 Å². The van der Waals surface area contributed by atoms with Gasteiger partial charge in [-0.05, 0) is 66.6 Å². The Labute approximate surface area is 178 Å². The summed E-state index contributed by atoms with van der Waals surface area (Å²) in [6, 6.07) is 7.47. The fourth-order valence-corrected chi connectivity index (χ4v) is 2.65. The summed E-state index contributed by atoms with van der Waals surface area (Å²) in [6.45, 7) is 12.0. The largest absolute Gasteiger partial charge is 0.450 e. The van der Waals surface area contributed by atoms with E-state index in [0.29, 0.717) is 30.9 Å². The molecule has 0 bridgehead atoms. The Balaban J connectivity index is 1.93. The molecular formula is C23H31N3O4. The SMILES string of the molecule is CC(C)(C)OC(=O)C#CCCCNCc1nc2ccccc2n1C(=O)OC(C)(C)C. The number of aromatic nitrogens is 2. The minimum Gasteiger partial charge on any atom is -0.450 e. The molecule has 0 amide bonds. The first kappa shape index (κ1) is 23.4. The average Bonchev–Trinajstić information content (AvgIpc) is 2.96. The van der Waals surface area contributed by atoms with Crippen molar-refractivity contribution in [1.82, 2.24) is 14.9 Å². The number of ether oxygens (including phenoxy) is 2. The molecule has 0 saturated heterocycles. The van der Waals surface area contributed by atoms with Gasteiger partial charge in [0, 0.05) is 12.3 Å². The third kappa shape index (κ3) is 7.53. The van der Waals surface area contributed by atoms with Crippen molar-refractivity contribution < 1.29 is 19.1 Å². The fourth-order valence-electron chi connectivity index (χ4n) is 2.65. The van der Waals surface area contributed by atoms with Crippen LogP contribution >= 0.6 is 0 Å². The van der Waals surface area contributed by atoms with Gasteiger partial charge < -0.3 is 14.8 Å². The van der Waals surface area contributed by atoms with E-state index in [-0.39, 0.29) is 0 Å². The van der Waals surface area contributed by atoms with Crippen LogP contribution in [0.3, 0.4) is 0 Å². The second-order valence-electron chi connectivity index (χ2n) is 8.92. The van der Waals surface area contributed by atoms with Crippen LogP contribution in [0.25, 0.3) is 11.0 Å². The highest BCUT2D eigenvalue weighted by Crippen LogP contribution is 2.19. The Hall–Kier alpha value is -2.85. The molecule has 0 aliphatic rings. The molecule has 1 aromatic heterocycles. The maximum Gasteiger partial charge on any atom is 0.420 e. The van der Waals surface area contributed by atoms with Crippen molar-refractivity contribution in [2.24, 2.45) is 0 Å². The first-order valence-corrected chi connectivity index (χ1v) is 10.1. The van der Waals surface area contributed by atoms with Crippen LogP contribution in [0.15, 0.2) is 24.3 Å². The van der Waals surface area contributed by atoms with Gasteiger partial charge >= 0.3 is 12.1 Å². The third-order valence-corrected chi connectivity index (χ3v) is 3.73. The van der Waals surface area contributed by atoms with Crippen LogP contribution in [0, 0.1) is 11.8 Å². The lowest BCUT2D eigenvalue weighted by atomic mass is 10.2. The number of hydrogen-bond donors (Lipinski definition) is 1. The van der Waals surface area contributed by atoms with Gasteiger partial charge in [-0.15, -0.1) is 0 Å². The van der Waals surface area contributed by atoms with E-state index in [1.165, 1.54) is 4.57 Å². The Kier molecular flexibility index (Phi) is 7.63. The molecule has 0 aliphatic heterocycles. The molecule has 30 heavy (non-hydrogen) atoms. The van der Waals surface area contributed by atoms with Gasteiger partial charge in [0.2, 0.25) is 0 Å². The smallest absolute Gasteiger partial charge is 0.420 e. The summed E-state index contributed by atoms with van der Waals surface area (Å²) in [6.07, 6.45) is 0.869. The number of nitrogens with zero attached hydrogens (tertiary/aromatic N) is 2. The fraction of sp³-hybridized carbons (Fsp3) is 0.522.